The molecule has 134 valence electrons. The standard InChI is InChI=1S/C16H26N4O3S/c1-24(21,22)20-6-2-14-15(18-12-17-14)16(20)4-7-19(8-5-16)10-13-3-9-23-11-13/h12-13H,2-11H2,1H3,(H,17,18)/t13-/m0/s1. The summed E-state index contributed by atoms with van der Waals surface area (Å²) in [5.74, 6) is 0.623. The van der Waals surface area contributed by atoms with E-state index in [2.05, 4.69) is 14.9 Å². The second-order valence-corrected chi connectivity index (χ2v) is 9.28. The van der Waals surface area contributed by atoms with Crippen LogP contribution in [0.4, 0.5) is 0 Å². The molecule has 0 radical (unpaired) electrons. The number of nitrogens with one attached hydrogen (secondary N) is 1. The monoisotopic (exact) mass is 354 g/mol. The lowest BCUT2D eigenvalue weighted by Crippen LogP contribution is -2.58. The van der Waals surface area contributed by atoms with Crippen molar-refractivity contribution < 1.29 is 13.2 Å². The van der Waals surface area contributed by atoms with Crippen LogP contribution in [0.1, 0.15) is 30.7 Å². The number of likely N-dealkylation sites (tertiary alicyclic amines) is 1. The molecule has 0 amide bonds. The zero-order chi connectivity index (χ0) is 16.8. The molecule has 24 heavy (non-hydrogen) atoms. The predicted molar refractivity (Wildman–Crippen MR) is 90.1 cm³/mol. The summed E-state index contributed by atoms with van der Waals surface area (Å²) in [7, 11) is -3.25. The molecule has 2 saturated heterocycles. The third kappa shape index (κ3) is 2.79. The number of imidazole rings is 1. The number of H-pyrrole nitrogens is 1. The summed E-state index contributed by atoms with van der Waals surface area (Å²) in [4.78, 5) is 10.2. The average molecular weight is 354 g/mol. The maximum absolute atomic E-state index is 12.4. The van der Waals surface area contributed by atoms with E-state index in [1.165, 1.54) is 6.26 Å². The summed E-state index contributed by atoms with van der Waals surface area (Å²) in [6.07, 6.45) is 6.51. The lowest BCUT2D eigenvalue weighted by atomic mass is 9.80. The van der Waals surface area contributed by atoms with Gasteiger partial charge in [-0.2, -0.15) is 4.31 Å². The van der Waals surface area contributed by atoms with Gasteiger partial charge in [0.15, 0.2) is 0 Å². The topological polar surface area (TPSA) is 78.5 Å². The molecule has 8 heteroatoms. The number of fused-ring (bicyclic) bond motifs is 2. The lowest BCUT2D eigenvalue weighted by molar-refractivity contribution is 0.0551. The van der Waals surface area contributed by atoms with Crippen LogP contribution in [-0.2, 0) is 26.7 Å². The number of hydrogen-bond donors (Lipinski definition) is 1. The van der Waals surface area contributed by atoms with Gasteiger partial charge in [0.05, 0.1) is 30.4 Å². The molecule has 1 atom stereocenters. The number of rotatable bonds is 3. The minimum Gasteiger partial charge on any atom is -0.381 e. The second kappa shape index (κ2) is 6.09. The smallest absolute Gasteiger partial charge is 0.212 e. The van der Waals surface area contributed by atoms with E-state index in [-0.39, 0.29) is 0 Å². The summed E-state index contributed by atoms with van der Waals surface area (Å²) in [5.41, 5.74) is 1.58. The molecular formula is C16H26N4O3S. The van der Waals surface area contributed by atoms with Crippen LogP contribution in [0, 0.1) is 5.92 Å². The molecule has 1 aromatic rings. The van der Waals surface area contributed by atoms with Crippen LogP contribution < -0.4 is 0 Å². The first-order valence-corrected chi connectivity index (χ1v) is 10.6. The number of aromatic nitrogens is 2. The Labute approximate surface area is 143 Å². The Balaban J connectivity index is 1.56. The number of piperidine rings is 1. The van der Waals surface area contributed by atoms with Gasteiger partial charge >= 0.3 is 0 Å². The van der Waals surface area contributed by atoms with Crippen LogP contribution in [-0.4, -0.2) is 73.2 Å². The first-order valence-electron chi connectivity index (χ1n) is 8.80. The molecule has 3 aliphatic heterocycles. The SMILES string of the molecule is CS(=O)(=O)N1CCc2[nH]cnc2C12CCN(C[C@@H]1CCOC1)CC2. The molecule has 4 heterocycles. The van der Waals surface area contributed by atoms with Crippen molar-refractivity contribution in [2.24, 2.45) is 5.92 Å². The Morgan fingerprint density at radius 1 is 1.38 bits per heavy atom. The summed E-state index contributed by atoms with van der Waals surface area (Å²) in [5, 5.41) is 0. The van der Waals surface area contributed by atoms with Crippen molar-refractivity contribution in [3.8, 4) is 0 Å². The summed E-state index contributed by atoms with van der Waals surface area (Å²) >= 11 is 0. The molecule has 2 fully saturated rings. The Morgan fingerprint density at radius 2 is 2.17 bits per heavy atom. The van der Waals surface area contributed by atoms with Crippen molar-refractivity contribution in [1.29, 1.82) is 0 Å². The van der Waals surface area contributed by atoms with Gasteiger partial charge in [0.2, 0.25) is 10.0 Å². The molecule has 1 spiro atoms. The number of nitrogens with zero attached hydrogens (tertiary/aromatic N) is 3. The number of sulfonamides is 1. The van der Waals surface area contributed by atoms with Gasteiger partial charge in [0.1, 0.15) is 0 Å². The quantitative estimate of drug-likeness (QED) is 0.858. The molecule has 0 bridgehead atoms. The van der Waals surface area contributed by atoms with E-state index in [1.807, 2.05) is 0 Å². The molecule has 0 aromatic carbocycles. The highest BCUT2D eigenvalue weighted by atomic mass is 32.2. The van der Waals surface area contributed by atoms with E-state index in [4.69, 9.17) is 4.74 Å². The largest absolute Gasteiger partial charge is 0.381 e. The maximum Gasteiger partial charge on any atom is 0.212 e. The zero-order valence-corrected chi connectivity index (χ0v) is 15.0. The highest BCUT2D eigenvalue weighted by Crippen LogP contribution is 2.43. The Morgan fingerprint density at radius 3 is 2.83 bits per heavy atom. The van der Waals surface area contributed by atoms with Gasteiger partial charge in [-0.05, 0) is 25.2 Å². The summed E-state index contributed by atoms with van der Waals surface area (Å²) in [6.45, 7) is 5.16. The molecule has 3 aliphatic rings. The van der Waals surface area contributed by atoms with Gasteiger partial charge in [-0.15, -0.1) is 0 Å². The van der Waals surface area contributed by atoms with Gasteiger partial charge < -0.3 is 14.6 Å². The molecular weight excluding hydrogens is 328 g/mol. The van der Waals surface area contributed by atoms with E-state index >= 15 is 0 Å². The fourth-order valence-electron chi connectivity index (χ4n) is 4.63. The molecule has 1 aromatic heterocycles. The predicted octanol–water partition coefficient (Wildman–Crippen LogP) is 0.555. The molecule has 4 rings (SSSR count). The second-order valence-electron chi connectivity index (χ2n) is 7.38. The maximum atomic E-state index is 12.4. The lowest BCUT2D eigenvalue weighted by Gasteiger charge is -2.49. The van der Waals surface area contributed by atoms with Crippen LogP contribution in [0.2, 0.25) is 0 Å². The highest BCUT2D eigenvalue weighted by molar-refractivity contribution is 7.88. The molecule has 0 saturated carbocycles. The average Bonchev–Trinajstić information content (AvgIpc) is 3.20. The number of hydrogen-bond acceptors (Lipinski definition) is 5. The fraction of sp³-hybridized carbons (Fsp3) is 0.812. The van der Waals surface area contributed by atoms with E-state index < -0.39 is 15.6 Å². The minimum absolute atomic E-state index is 0.468. The fourth-order valence-corrected chi connectivity index (χ4v) is 5.95. The van der Waals surface area contributed by atoms with Crippen molar-refractivity contribution >= 4 is 10.0 Å². The third-order valence-electron chi connectivity index (χ3n) is 5.83. The molecule has 7 nitrogen and oxygen atoms in total. The molecule has 0 aliphatic carbocycles. The Bertz CT molecular complexity index is 688. The Hall–Kier alpha value is -0.960. The van der Waals surface area contributed by atoms with Gasteiger partial charge in [-0.25, -0.2) is 13.4 Å². The van der Waals surface area contributed by atoms with Gasteiger partial charge in [-0.1, -0.05) is 0 Å². The first-order chi connectivity index (χ1) is 11.5. The first kappa shape index (κ1) is 16.5. The zero-order valence-electron chi connectivity index (χ0n) is 14.2. The van der Waals surface area contributed by atoms with Crippen LogP contribution in [0.25, 0.3) is 0 Å². The highest BCUT2D eigenvalue weighted by Gasteiger charge is 2.50. The van der Waals surface area contributed by atoms with Crippen LogP contribution in [0.5, 0.6) is 0 Å². The van der Waals surface area contributed by atoms with E-state index in [1.54, 1.807) is 10.6 Å². The third-order valence-corrected chi connectivity index (χ3v) is 7.16. The van der Waals surface area contributed by atoms with Crippen LogP contribution in [0.3, 0.4) is 0 Å². The van der Waals surface area contributed by atoms with Crippen molar-refractivity contribution in [2.75, 3.05) is 45.6 Å². The van der Waals surface area contributed by atoms with Crippen molar-refractivity contribution in [3.63, 3.8) is 0 Å². The van der Waals surface area contributed by atoms with E-state index in [9.17, 15) is 8.42 Å². The number of aromatic amines is 1. The number of ether oxygens (including phenoxy) is 1. The normalized spacial score (nSPS) is 28.3. The summed E-state index contributed by atoms with van der Waals surface area (Å²) < 4.78 is 32.0. The van der Waals surface area contributed by atoms with Crippen LogP contribution in [0.15, 0.2) is 6.33 Å². The van der Waals surface area contributed by atoms with E-state index in [0.717, 1.165) is 63.5 Å². The van der Waals surface area contributed by atoms with Gasteiger partial charge in [0, 0.05) is 44.9 Å². The summed E-state index contributed by atoms with van der Waals surface area (Å²) in [6, 6.07) is 0. The van der Waals surface area contributed by atoms with Crippen molar-refractivity contribution in [1.82, 2.24) is 19.2 Å². The van der Waals surface area contributed by atoms with Crippen molar-refractivity contribution in [3.05, 3.63) is 17.7 Å². The minimum atomic E-state index is -3.25. The Kier molecular flexibility index (Phi) is 4.19. The molecule has 0 unspecified atom stereocenters. The van der Waals surface area contributed by atoms with Gasteiger partial charge in [0.25, 0.3) is 0 Å². The molecule has 1 N–H and O–H groups in total. The van der Waals surface area contributed by atoms with Crippen LogP contribution >= 0.6 is 0 Å². The van der Waals surface area contributed by atoms with E-state index in [0.29, 0.717) is 18.9 Å². The van der Waals surface area contributed by atoms with Crippen molar-refractivity contribution in [2.45, 2.75) is 31.2 Å². The van der Waals surface area contributed by atoms with Gasteiger partial charge in [-0.3, -0.25) is 0 Å².